The molecule has 3 nitrogen and oxygen atoms in total. The van der Waals surface area contributed by atoms with Crippen LogP contribution in [0.5, 0.6) is 0 Å². The van der Waals surface area contributed by atoms with E-state index >= 15 is 0 Å². The van der Waals surface area contributed by atoms with Gasteiger partial charge in [-0.05, 0) is 35.9 Å². The fourth-order valence-electron chi connectivity index (χ4n) is 2.56. The van der Waals surface area contributed by atoms with Crippen LogP contribution in [0, 0.1) is 0 Å². The second-order valence-corrected chi connectivity index (χ2v) is 6.13. The third-order valence-corrected chi connectivity index (χ3v) is 4.78. The summed E-state index contributed by atoms with van der Waals surface area (Å²) in [6.07, 6.45) is 0.763. The standard InChI is InChI=1S/C16H18N2OS.ClH/c1-11(15-7-4-8-20-15)18-16(19)14-9-12-5-2-3-6-13(12)10-17-14;/h2-8,11,14,17H,9-10H2,1H3,(H,18,19);1H. The summed E-state index contributed by atoms with van der Waals surface area (Å²) in [7, 11) is 0. The summed E-state index contributed by atoms with van der Waals surface area (Å²) in [5, 5.41) is 8.44. The molecule has 0 saturated carbocycles. The highest BCUT2D eigenvalue weighted by atomic mass is 35.5. The van der Waals surface area contributed by atoms with Gasteiger partial charge in [0.2, 0.25) is 5.91 Å². The average Bonchev–Trinajstić information content (AvgIpc) is 3.01. The first-order valence-electron chi connectivity index (χ1n) is 6.88. The largest absolute Gasteiger partial charge is 0.347 e. The first kappa shape index (κ1) is 16.0. The van der Waals surface area contributed by atoms with Crippen molar-refractivity contribution in [3.63, 3.8) is 0 Å². The summed E-state index contributed by atoms with van der Waals surface area (Å²) in [5.41, 5.74) is 2.57. The maximum absolute atomic E-state index is 12.3. The number of amides is 1. The van der Waals surface area contributed by atoms with E-state index in [2.05, 4.69) is 28.8 Å². The molecule has 1 aliphatic rings. The van der Waals surface area contributed by atoms with Crippen molar-refractivity contribution in [3.8, 4) is 0 Å². The Labute approximate surface area is 135 Å². The van der Waals surface area contributed by atoms with Gasteiger partial charge in [-0.1, -0.05) is 30.3 Å². The van der Waals surface area contributed by atoms with Gasteiger partial charge in [0.1, 0.15) is 0 Å². The van der Waals surface area contributed by atoms with Gasteiger partial charge < -0.3 is 10.6 Å². The number of fused-ring (bicyclic) bond motifs is 1. The molecule has 0 aliphatic carbocycles. The van der Waals surface area contributed by atoms with Gasteiger partial charge in [-0.3, -0.25) is 4.79 Å². The number of hydrogen-bond acceptors (Lipinski definition) is 3. The van der Waals surface area contributed by atoms with E-state index in [9.17, 15) is 4.79 Å². The second kappa shape index (κ2) is 7.07. The highest BCUT2D eigenvalue weighted by Gasteiger charge is 2.25. The fourth-order valence-corrected chi connectivity index (χ4v) is 3.30. The van der Waals surface area contributed by atoms with Crippen molar-refractivity contribution >= 4 is 29.7 Å². The minimum absolute atomic E-state index is 0. The number of carbonyl (C=O) groups excluding carboxylic acids is 1. The molecule has 0 radical (unpaired) electrons. The molecular weight excluding hydrogens is 304 g/mol. The zero-order chi connectivity index (χ0) is 13.9. The maximum atomic E-state index is 12.3. The lowest BCUT2D eigenvalue weighted by Gasteiger charge is -2.26. The van der Waals surface area contributed by atoms with Crippen LogP contribution in [0.4, 0.5) is 0 Å². The molecule has 3 rings (SSSR count). The monoisotopic (exact) mass is 322 g/mol. The van der Waals surface area contributed by atoms with Gasteiger partial charge in [-0.15, -0.1) is 23.7 Å². The summed E-state index contributed by atoms with van der Waals surface area (Å²) >= 11 is 1.67. The number of hydrogen-bond donors (Lipinski definition) is 2. The Kier molecular flexibility index (Phi) is 5.39. The molecule has 21 heavy (non-hydrogen) atoms. The van der Waals surface area contributed by atoms with Gasteiger partial charge in [-0.25, -0.2) is 0 Å². The van der Waals surface area contributed by atoms with E-state index in [0.29, 0.717) is 0 Å². The van der Waals surface area contributed by atoms with Crippen LogP contribution in [0.1, 0.15) is 29.0 Å². The normalized spacial score (nSPS) is 18.2. The molecule has 1 aromatic carbocycles. The molecule has 0 bridgehead atoms. The Hall–Kier alpha value is -1.36. The van der Waals surface area contributed by atoms with Gasteiger partial charge in [0.05, 0.1) is 12.1 Å². The number of nitrogens with one attached hydrogen (secondary N) is 2. The van der Waals surface area contributed by atoms with Crippen molar-refractivity contribution in [1.82, 2.24) is 10.6 Å². The Morgan fingerprint density at radius 2 is 2.05 bits per heavy atom. The number of rotatable bonds is 3. The number of carbonyl (C=O) groups is 1. The van der Waals surface area contributed by atoms with E-state index in [1.54, 1.807) is 11.3 Å². The summed E-state index contributed by atoms with van der Waals surface area (Å²) in [6.45, 7) is 2.79. The van der Waals surface area contributed by atoms with Crippen LogP contribution in [-0.4, -0.2) is 11.9 Å². The van der Waals surface area contributed by atoms with Gasteiger partial charge >= 0.3 is 0 Å². The zero-order valence-electron chi connectivity index (χ0n) is 11.8. The second-order valence-electron chi connectivity index (χ2n) is 5.15. The van der Waals surface area contributed by atoms with Crippen LogP contribution >= 0.6 is 23.7 Å². The van der Waals surface area contributed by atoms with Crippen LogP contribution in [0.2, 0.25) is 0 Å². The smallest absolute Gasteiger partial charge is 0.237 e. The zero-order valence-corrected chi connectivity index (χ0v) is 13.5. The molecule has 2 heterocycles. The van der Waals surface area contributed by atoms with Crippen LogP contribution in [0.3, 0.4) is 0 Å². The minimum Gasteiger partial charge on any atom is -0.347 e. The first-order chi connectivity index (χ1) is 9.74. The average molecular weight is 323 g/mol. The highest BCUT2D eigenvalue weighted by Crippen LogP contribution is 2.20. The van der Waals surface area contributed by atoms with Gasteiger partial charge in [0.25, 0.3) is 0 Å². The molecule has 2 N–H and O–H groups in total. The SMILES string of the molecule is CC(NC(=O)C1Cc2ccccc2CN1)c1cccs1.Cl. The summed E-state index contributed by atoms with van der Waals surface area (Å²) < 4.78 is 0. The van der Waals surface area contributed by atoms with Crippen LogP contribution in [0.15, 0.2) is 41.8 Å². The molecule has 5 heteroatoms. The molecule has 1 aromatic heterocycles. The van der Waals surface area contributed by atoms with Crippen molar-refractivity contribution in [2.24, 2.45) is 0 Å². The van der Waals surface area contributed by atoms with E-state index in [1.807, 2.05) is 30.5 Å². The molecule has 112 valence electrons. The Morgan fingerprint density at radius 3 is 2.76 bits per heavy atom. The van der Waals surface area contributed by atoms with E-state index < -0.39 is 0 Å². The number of benzene rings is 1. The van der Waals surface area contributed by atoms with Crippen LogP contribution in [0.25, 0.3) is 0 Å². The fraction of sp³-hybridized carbons (Fsp3) is 0.312. The lowest BCUT2D eigenvalue weighted by atomic mass is 9.95. The number of thiophene rings is 1. The molecule has 2 atom stereocenters. The third kappa shape index (κ3) is 3.64. The molecular formula is C16H19ClN2OS. The summed E-state index contributed by atoms with van der Waals surface area (Å²) in [5.74, 6) is 0.0837. The lowest BCUT2D eigenvalue weighted by Crippen LogP contribution is -2.48. The Balaban J connectivity index is 0.00000161. The van der Waals surface area contributed by atoms with Crippen LogP contribution < -0.4 is 10.6 Å². The summed E-state index contributed by atoms with van der Waals surface area (Å²) in [4.78, 5) is 13.5. The molecule has 0 spiro atoms. The lowest BCUT2D eigenvalue weighted by molar-refractivity contribution is -0.123. The Bertz CT molecular complexity index is 600. The van der Waals surface area contributed by atoms with Crippen molar-refractivity contribution in [2.45, 2.75) is 32.0 Å². The first-order valence-corrected chi connectivity index (χ1v) is 7.76. The van der Waals surface area contributed by atoms with E-state index in [-0.39, 0.29) is 30.4 Å². The van der Waals surface area contributed by atoms with Crippen LogP contribution in [-0.2, 0) is 17.8 Å². The van der Waals surface area contributed by atoms with E-state index in [0.717, 1.165) is 13.0 Å². The molecule has 0 fully saturated rings. The van der Waals surface area contributed by atoms with E-state index in [4.69, 9.17) is 0 Å². The molecule has 0 saturated heterocycles. The van der Waals surface area contributed by atoms with Crippen molar-refractivity contribution < 1.29 is 4.79 Å². The molecule has 2 unspecified atom stereocenters. The van der Waals surface area contributed by atoms with Crippen molar-refractivity contribution in [3.05, 3.63) is 57.8 Å². The molecule has 2 aromatic rings. The third-order valence-electron chi connectivity index (χ3n) is 3.73. The Morgan fingerprint density at radius 1 is 1.29 bits per heavy atom. The van der Waals surface area contributed by atoms with Gasteiger partial charge in [0, 0.05) is 11.4 Å². The highest BCUT2D eigenvalue weighted by molar-refractivity contribution is 7.10. The number of halogens is 1. The topological polar surface area (TPSA) is 41.1 Å². The summed E-state index contributed by atoms with van der Waals surface area (Å²) in [6, 6.07) is 12.3. The van der Waals surface area contributed by atoms with Gasteiger partial charge in [0.15, 0.2) is 0 Å². The molecule has 1 amide bonds. The van der Waals surface area contributed by atoms with Gasteiger partial charge in [-0.2, -0.15) is 0 Å². The minimum atomic E-state index is -0.132. The van der Waals surface area contributed by atoms with E-state index in [1.165, 1.54) is 16.0 Å². The quantitative estimate of drug-likeness (QED) is 0.912. The molecule has 1 aliphatic heterocycles. The maximum Gasteiger partial charge on any atom is 0.237 e. The predicted molar refractivity (Wildman–Crippen MR) is 88.9 cm³/mol. The predicted octanol–water partition coefficient (Wildman–Crippen LogP) is 3.06. The van der Waals surface area contributed by atoms with Crippen molar-refractivity contribution in [2.75, 3.05) is 0 Å². The van der Waals surface area contributed by atoms with Crippen molar-refractivity contribution in [1.29, 1.82) is 0 Å².